The largest absolute Gasteiger partial charge is 0.472 e. The number of aromatic nitrogens is 3. The summed E-state index contributed by atoms with van der Waals surface area (Å²) in [6, 6.07) is -1.39. The highest BCUT2D eigenvalue weighted by molar-refractivity contribution is 7.87. The number of benzene rings is 1. The number of fused-ring (bicyclic) bond motifs is 6. The number of hydrogen-bond donors (Lipinski definition) is 1. The second kappa shape index (κ2) is 13.2. The van der Waals surface area contributed by atoms with Crippen LogP contribution in [0.4, 0.5) is 37.8 Å². The van der Waals surface area contributed by atoms with Gasteiger partial charge in [0, 0.05) is 31.1 Å². The van der Waals surface area contributed by atoms with Crippen molar-refractivity contribution in [3.63, 3.8) is 0 Å². The van der Waals surface area contributed by atoms with Gasteiger partial charge in [-0.3, -0.25) is 13.9 Å². The number of pyridine rings is 1. The molecule has 7 atom stereocenters. The van der Waals surface area contributed by atoms with Crippen LogP contribution in [-0.2, 0) is 25.3 Å². The van der Waals surface area contributed by atoms with E-state index in [1.165, 1.54) is 6.92 Å². The third kappa shape index (κ3) is 6.14. The zero-order valence-corrected chi connectivity index (χ0v) is 32.1. The summed E-state index contributed by atoms with van der Waals surface area (Å²) in [5, 5.41) is -0.703. The molecule has 2 bridgehead atoms. The summed E-state index contributed by atoms with van der Waals surface area (Å²) in [6.07, 6.45) is -4.81. The van der Waals surface area contributed by atoms with Gasteiger partial charge in [-0.15, -0.1) is 0 Å². The van der Waals surface area contributed by atoms with Gasteiger partial charge in [0.15, 0.2) is 11.9 Å². The van der Waals surface area contributed by atoms with Crippen molar-refractivity contribution in [3.05, 3.63) is 28.8 Å². The number of hydrogen-bond acceptors (Lipinski definition) is 12. The van der Waals surface area contributed by atoms with Crippen LogP contribution in [0.15, 0.2) is 6.07 Å². The Labute approximate surface area is 324 Å². The molecule has 1 saturated carbocycles. The average molecular weight is 826 g/mol. The van der Waals surface area contributed by atoms with Crippen LogP contribution in [0.2, 0.25) is 0 Å². The Morgan fingerprint density at radius 1 is 1.12 bits per heavy atom. The second-order valence-electron chi connectivity index (χ2n) is 16.3. The summed E-state index contributed by atoms with van der Waals surface area (Å²) < 4.78 is 134. The zero-order valence-electron chi connectivity index (χ0n) is 31.3. The Kier molecular flexibility index (Phi) is 8.86. The van der Waals surface area contributed by atoms with Gasteiger partial charge in [-0.05, 0) is 77.5 Å². The minimum absolute atomic E-state index is 0.0395. The molecule has 2 N–H and O–H groups in total. The molecule has 2 aromatic heterocycles. The Hall–Kier alpha value is -4.17. The van der Waals surface area contributed by atoms with Crippen LogP contribution < -0.4 is 20.1 Å². The van der Waals surface area contributed by atoms with Gasteiger partial charge in [0.05, 0.1) is 34.1 Å². The lowest BCUT2D eigenvalue weighted by molar-refractivity contribution is -0.143. The molecule has 6 aliphatic rings. The highest BCUT2D eigenvalue weighted by Gasteiger charge is 2.55. The SMILES string of the molecule is Cc1c(F)c(N)cc(-c2nc3c4c(nc(OC[C@@]56CCCN5C[C@H](F)C6)nc4c2F)N2C[C@H]4CC[C@@H]([C@H]2[C@H](C)O3)N4C(=O)[C@@H](C)OS(=O)(=O)C2CC2)c1C(F)(F)F. The number of amides is 1. The van der Waals surface area contributed by atoms with E-state index in [4.69, 9.17) is 24.4 Å². The number of nitrogens with two attached hydrogens (primary N) is 1. The van der Waals surface area contributed by atoms with E-state index in [-0.39, 0.29) is 49.2 Å². The van der Waals surface area contributed by atoms with Gasteiger partial charge in [0.25, 0.3) is 16.0 Å². The van der Waals surface area contributed by atoms with Crippen LogP contribution >= 0.6 is 0 Å². The van der Waals surface area contributed by atoms with E-state index in [2.05, 4.69) is 9.97 Å². The van der Waals surface area contributed by atoms with Gasteiger partial charge < -0.3 is 25.0 Å². The Balaban J connectivity index is 1.17. The molecular weight excluding hydrogens is 785 g/mol. The van der Waals surface area contributed by atoms with Gasteiger partial charge in [0.2, 0.25) is 5.88 Å². The van der Waals surface area contributed by atoms with Crippen LogP contribution in [0.25, 0.3) is 22.2 Å². The highest BCUT2D eigenvalue weighted by atomic mass is 32.2. The van der Waals surface area contributed by atoms with Crippen LogP contribution in [0.5, 0.6) is 11.9 Å². The fourth-order valence-electron chi connectivity index (χ4n) is 9.91. The molecule has 0 unspecified atom stereocenters. The average Bonchev–Trinajstić information content (AvgIpc) is 3.82. The minimum Gasteiger partial charge on any atom is -0.472 e. The molecule has 1 aliphatic carbocycles. The maximum Gasteiger partial charge on any atom is 0.417 e. The van der Waals surface area contributed by atoms with Gasteiger partial charge in [-0.1, -0.05) is 0 Å². The fourth-order valence-corrected chi connectivity index (χ4v) is 11.3. The van der Waals surface area contributed by atoms with Gasteiger partial charge >= 0.3 is 12.2 Å². The van der Waals surface area contributed by atoms with E-state index in [0.717, 1.165) is 13.3 Å². The standard InChI is InChI=1S/C37H41F6N7O6S/c1-16-26(37(41,42)43)22(11-23(44)27(16)39)29-28(40)30-25-32(47-35(46-30)54-15-36-9-4-10-48(36)13-19(38)12-36)49-14-20-5-8-24(31(49)17(2)55-33(25)45-29)50(20)34(51)18(3)56-57(52,53)21-6-7-21/h11,17-21,24,31H,4-10,12-15,44H2,1-3H3/t17-,18+,19+,20+,24-,31+,36-/m0/s1. The third-order valence-corrected chi connectivity index (χ3v) is 14.4. The molecule has 5 fully saturated rings. The molecule has 9 rings (SSSR count). The number of piperazine rings is 1. The lowest BCUT2D eigenvalue weighted by Gasteiger charge is -2.48. The normalized spacial score (nSPS) is 29.0. The maximum atomic E-state index is 17.1. The molecule has 3 aromatic rings. The number of nitrogens with zero attached hydrogens (tertiary/aromatic N) is 6. The smallest absolute Gasteiger partial charge is 0.417 e. The number of alkyl halides is 4. The van der Waals surface area contributed by atoms with Gasteiger partial charge in [-0.2, -0.15) is 31.6 Å². The Bertz CT molecular complexity index is 2300. The van der Waals surface area contributed by atoms with Gasteiger partial charge in [-0.25, -0.2) is 18.2 Å². The number of anilines is 2. The molecule has 5 aliphatic heterocycles. The molecule has 1 aromatic carbocycles. The predicted molar refractivity (Wildman–Crippen MR) is 193 cm³/mol. The summed E-state index contributed by atoms with van der Waals surface area (Å²) in [6.45, 7) is 4.95. The van der Waals surface area contributed by atoms with E-state index >= 15 is 4.39 Å². The summed E-state index contributed by atoms with van der Waals surface area (Å²) in [5.74, 6) is -3.35. The Morgan fingerprint density at radius 2 is 1.88 bits per heavy atom. The first-order valence-electron chi connectivity index (χ1n) is 19.2. The summed E-state index contributed by atoms with van der Waals surface area (Å²) in [7, 11) is -3.94. The van der Waals surface area contributed by atoms with Crippen molar-refractivity contribution in [3.8, 4) is 23.1 Å². The molecule has 0 radical (unpaired) electrons. The number of carbonyl (C=O) groups is 1. The molecule has 0 spiro atoms. The lowest BCUT2D eigenvalue weighted by Crippen LogP contribution is -2.66. The van der Waals surface area contributed by atoms with Crippen molar-refractivity contribution < 1.29 is 53.2 Å². The molecular formula is C37H41F6N7O6S. The first-order valence-corrected chi connectivity index (χ1v) is 20.6. The predicted octanol–water partition coefficient (Wildman–Crippen LogP) is 5.06. The van der Waals surface area contributed by atoms with Crippen molar-refractivity contribution >= 4 is 38.4 Å². The van der Waals surface area contributed by atoms with E-state index in [9.17, 15) is 35.2 Å². The maximum absolute atomic E-state index is 17.1. The Morgan fingerprint density at radius 3 is 2.60 bits per heavy atom. The lowest BCUT2D eigenvalue weighted by atomic mass is 9.95. The van der Waals surface area contributed by atoms with Crippen molar-refractivity contribution in [2.75, 3.05) is 36.9 Å². The van der Waals surface area contributed by atoms with Gasteiger partial charge in [0.1, 0.15) is 47.1 Å². The highest BCUT2D eigenvalue weighted by Crippen LogP contribution is 2.49. The van der Waals surface area contributed by atoms with Crippen molar-refractivity contribution in [2.45, 2.75) is 119 Å². The topological polar surface area (TPSA) is 153 Å². The number of halogens is 6. The molecule has 1 amide bonds. The number of nitrogen functional groups attached to an aromatic ring is 1. The first kappa shape index (κ1) is 38.4. The van der Waals surface area contributed by atoms with Crippen LogP contribution in [-0.4, -0.2) is 113 Å². The zero-order chi connectivity index (χ0) is 40.5. The second-order valence-corrected chi connectivity index (χ2v) is 18.1. The molecule has 57 heavy (non-hydrogen) atoms. The van der Waals surface area contributed by atoms with Crippen LogP contribution in [0.1, 0.15) is 69.9 Å². The number of carbonyl (C=O) groups excluding carboxylic acids is 1. The molecule has 7 heterocycles. The van der Waals surface area contributed by atoms with E-state index in [1.807, 2.05) is 9.80 Å². The van der Waals surface area contributed by atoms with E-state index in [0.29, 0.717) is 44.7 Å². The third-order valence-electron chi connectivity index (χ3n) is 12.6. The molecule has 20 heteroatoms. The van der Waals surface area contributed by atoms with Crippen LogP contribution in [0, 0.1) is 18.6 Å². The molecule has 4 saturated heterocycles. The monoisotopic (exact) mass is 825 g/mol. The molecule has 308 valence electrons. The fraction of sp³-hybridized carbons (Fsp3) is 0.622. The summed E-state index contributed by atoms with van der Waals surface area (Å²) >= 11 is 0. The number of rotatable bonds is 8. The quantitative estimate of drug-likeness (QED) is 0.184. The summed E-state index contributed by atoms with van der Waals surface area (Å²) in [5.41, 5.74) is 0.00174. The first-order chi connectivity index (χ1) is 26.9. The van der Waals surface area contributed by atoms with E-state index in [1.54, 1.807) is 11.8 Å². The van der Waals surface area contributed by atoms with Crippen molar-refractivity contribution in [1.29, 1.82) is 0 Å². The summed E-state index contributed by atoms with van der Waals surface area (Å²) in [4.78, 5) is 32.9. The minimum atomic E-state index is -5.15. The van der Waals surface area contributed by atoms with Crippen molar-refractivity contribution in [1.82, 2.24) is 24.8 Å². The van der Waals surface area contributed by atoms with E-state index < -0.39 is 115 Å². The van der Waals surface area contributed by atoms with Crippen molar-refractivity contribution in [2.24, 2.45) is 0 Å². The number of ether oxygens (including phenoxy) is 2. The van der Waals surface area contributed by atoms with Crippen LogP contribution in [0.3, 0.4) is 0 Å². The molecule has 13 nitrogen and oxygen atoms in total.